The molecule has 0 spiro atoms. The first-order valence-electron chi connectivity index (χ1n) is 5.39. The van der Waals surface area contributed by atoms with Crippen molar-refractivity contribution in [3.05, 3.63) is 30.2 Å². The van der Waals surface area contributed by atoms with Crippen molar-refractivity contribution in [1.29, 1.82) is 0 Å². The van der Waals surface area contributed by atoms with Gasteiger partial charge in [0.2, 0.25) is 5.28 Å². The molecule has 0 aliphatic rings. The first kappa shape index (κ1) is 11.0. The zero-order chi connectivity index (χ0) is 12.4. The maximum atomic E-state index is 5.83. The third kappa shape index (κ3) is 2.12. The van der Waals surface area contributed by atoms with Gasteiger partial charge in [0.05, 0.1) is 17.9 Å². The van der Waals surface area contributed by atoms with Crippen LogP contribution in [-0.2, 0) is 6.54 Å². The zero-order valence-electron chi connectivity index (χ0n) is 9.34. The number of halogens is 1. The molecular formula is C10H10ClN7. The van der Waals surface area contributed by atoms with Gasteiger partial charge in [-0.2, -0.15) is 15.1 Å². The van der Waals surface area contributed by atoms with Crippen molar-refractivity contribution in [2.24, 2.45) is 0 Å². The zero-order valence-corrected chi connectivity index (χ0v) is 10.1. The smallest absolute Gasteiger partial charge is 0.226 e. The average Bonchev–Trinajstić information content (AvgIpc) is 2.98. The Balaban J connectivity index is 1.75. The number of nitrogens with one attached hydrogen (secondary N) is 2. The van der Waals surface area contributed by atoms with Gasteiger partial charge < -0.3 is 9.88 Å². The second-order valence-corrected chi connectivity index (χ2v) is 4.04. The molecule has 2 N–H and O–H groups in total. The number of H-pyrrole nitrogens is 1. The van der Waals surface area contributed by atoms with E-state index in [1.807, 2.05) is 10.8 Å². The van der Waals surface area contributed by atoms with Crippen LogP contribution in [-0.4, -0.2) is 36.3 Å². The van der Waals surface area contributed by atoms with E-state index in [1.165, 1.54) is 0 Å². The molecule has 0 saturated heterocycles. The number of imidazole rings is 1. The van der Waals surface area contributed by atoms with Crippen molar-refractivity contribution < 1.29 is 0 Å². The van der Waals surface area contributed by atoms with Crippen LogP contribution in [0.5, 0.6) is 0 Å². The SMILES string of the molecule is Clc1nc(NCCn2ccnc2)c2cn[nH]c2n1. The van der Waals surface area contributed by atoms with Crippen LogP contribution in [0.4, 0.5) is 5.82 Å². The van der Waals surface area contributed by atoms with E-state index >= 15 is 0 Å². The molecule has 0 fully saturated rings. The molecule has 0 aliphatic carbocycles. The van der Waals surface area contributed by atoms with Gasteiger partial charge in [0.15, 0.2) is 5.65 Å². The van der Waals surface area contributed by atoms with E-state index in [2.05, 4.69) is 30.5 Å². The van der Waals surface area contributed by atoms with Crippen molar-refractivity contribution in [1.82, 2.24) is 29.7 Å². The van der Waals surface area contributed by atoms with Crippen LogP contribution < -0.4 is 5.32 Å². The van der Waals surface area contributed by atoms with E-state index < -0.39 is 0 Å². The molecule has 18 heavy (non-hydrogen) atoms. The minimum absolute atomic E-state index is 0.192. The first-order valence-corrected chi connectivity index (χ1v) is 5.77. The number of fused-ring (bicyclic) bond motifs is 1. The van der Waals surface area contributed by atoms with Crippen molar-refractivity contribution in [3.63, 3.8) is 0 Å². The summed E-state index contributed by atoms with van der Waals surface area (Å²) in [6.07, 6.45) is 7.09. The minimum atomic E-state index is 0.192. The topological polar surface area (TPSA) is 84.3 Å². The van der Waals surface area contributed by atoms with Crippen LogP contribution in [0.2, 0.25) is 5.28 Å². The lowest BCUT2D eigenvalue weighted by Gasteiger charge is -2.06. The van der Waals surface area contributed by atoms with Crippen LogP contribution in [0.25, 0.3) is 11.0 Å². The predicted molar refractivity (Wildman–Crippen MR) is 67.4 cm³/mol. The lowest BCUT2D eigenvalue weighted by atomic mass is 10.4. The monoisotopic (exact) mass is 263 g/mol. The molecule has 92 valence electrons. The van der Waals surface area contributed by atoms with Gasteiger partial charge in [-0.25, -0.2) is 4.98 Å². The Kier molecular flexibility index (Phi) is 2.81. The molecule has 3 aromatic rings. The van der Waals surface area contributed by atoms with E-state index in [4.69, 9.17) is 11.6 Å². The van der Waals surface area contributed by atoms with Gasteiger partial charge in [0.25, 0.3) is 0 Å². The Labute approximate surface area is 107 Å². The van der Waals surface area contributed by atoms with Crippen LogP contribution >= 0.6 is 11.6 Å². The van der Waals surface area contributed by atoms with Crippen LogP contribution in [0.3, 0.4) is 0 Å². The fourth-order valence-corrected chi connectivity index (χ4v) is 1.83. The molecule has 0 bridgehead atoms. The van der Waals surface area contributed by atoms with Gasteiger partial charge in [-0.3, -0.25) is 5.10 Å². The maximum absolute atomic E-state index is 5.83. The minimum Gasteiger partial charge on any atom is -0.368 e. The number of rotatable bonds is 4. The number of aromatic amines is 1. The van der Waals surface area contributed by atoms with E-state index in [1.54, 1.807) is 18.7 Å². The van der Waals surface area contributed by atoms with Gasteiger partial charge in [-0.1, -0.05) is 0 Å². The second kappa shape index (κ2) is 4.61. The molecule has 3 aromatic heterocycles. The molecule has 8 heteroatoms. The normalized spacial score (nSPS) is 10.9. The highest BCUT2D eigenvalue weighted by Gasteiger charge is 2.07. The fourth-order valence-electron chi connectivity index (χ4n) is 1.66. The standard InChI is InChI=1S/C10H10ClN7/c11-10-15-8(7-5-14-17-9(7)16-10)13-2-4-18-3-1-12-6-18/h1,3,5-6H,2,4H2,(H2,13,14,15,16,17). The number of hydrogen-bond donors (Lipinski definition) is 2. The lowest BCUT2D eigenvalue weighted by molar-refractivity contribution is 0.725. The number of anilines is 1. The fraction of sp³-hybridized carbons (Fsp3) is 0.200. The summed E-state index contributed by atoms with van der Waals surface area (Å²) in [5, 5.41) is 10.9. The largest absolute Gasteiger partial charge is 0.368 e. The summed E-state index contributed by atoms with van der Waals surface area (Å²) in [6.45, 7) is 1.50. The quantitative estimate of drug-likeness (QED) is 0.694. The van der Waals surface area contributed by atoms with E-state index in [0.29, 0.717) is 18.0 Å². The Hall–Kier alpha value is -2.15. The Morgan fingerprint density at radius 1 is 1.39 bits per heavy atom. The molecule has 0 atom stereocenters. The molecule has 0 saturated carbocycles. The van der Waals surface area contributed by atoms with Crippen LogP contribution in [0, 0.1) is 0 Å². The van der Waals surface area contributed by atoms with Gasteiger partial charge in [0, 0.05) is 25.5 Å². The molecule has 0 aromatic carbocycles. The highest BCUT2D eigenvalue weighted by Crippen LogP contribution is 2.19. The Morgan fingerprint density at radius 2 is 2.33 bits per heavy atom. The molecule has 0 radical (unpaired) electrons. The molecule has 0 aliphatic heterocycles. The van der Waals surface area contributed by atoms with Gasteiger partial charge in [0.1, 0.15) is 5.82 Å². The van der Waals surface area contributed by atoms with E-state index in [0.717, 1.165) is 11.9 Å². The van der Waals surface area contributed by atoms with Gasteiger partial charge in [-0.05, 0) is 11.6 Å². The van der Waals surface area contributed by atoms with Crippen molar-refractivity contribution >= 4 is 28.5 Å². The van der Waals surface area contributed by atoms with Crippen LogP contribution in [0.1, 0.15) is 0 Å². The summed E-state index contributed by atoms with van der Waals surface area (Å²) in [5.74, 6) is 0.680. The Bertz CT molecular complexity index is 645. The van der Waals surface area contributed by atoms with Crippen LogP contribution in [0.15, 0.2) is 24.9 Å². The molecule has 3 rings (SSSR count). The molecule has 7 nitrogen and oxygen atoms in total. The van der Waals surface area contributed by atoms with Gasteiger partial charge >= 0.3 is 0 Å². The molecule has 0 unspecified atom stereocenters. The third-order valence-corrected chi connectivity index (χ3v) is 2.67. The summed E-state index contributed by atoms with van der Waals surface area (Å²) in [6, 6.07) is 0. The predicted octanol–water partition coefficient (Wildman–Crippen LogP) is 1.31. The first-order chi connectivity index (χ1) is 8.83. The van der Waals surface area contributed by atoms with E-state index in [9.17, 15) is 0 Å². The summed E-state index contributed by atoms with van der Waals surface area (Å²) < 4.78 is 1.97. The second-order valence-electron chi connectivity index (χ2n) is 3.70. The van der Waals surface area contributed by atoms with Crippen molar-refractivity contribution in [2.45, 2.75) is 6.54 Å². The highest BCUT2D eigenvalue weighted by atomic mass is 35.5. The molecular weight excluding hydrogens is 254 g/mol. The molecule has 3 heterocycles. The summed E-state index contributed by atoms with van der Waals surface area (Å²) in [7, 11) is 0. The average molecular weight is 264 g/mol. The highest BCUT2D eigenvalue weighted by molar-refractivity contribution is 6.28. The number of hydrogen-bond acceptors (Lipinski definition) is 5. The van der Waals surface area contributed by atoms with Crippen molar-refractivity contribution in [3.8, 4) is 0 Å². The third-order valence-electron chi connectivity index (χ3n) is 2.50. The number of aromatic nitrogens is 6. The maximum Gasteiger partial charge on any atom is 0.226 e. The number of nitrogens with zero attached hydrogens (tertiary/aromatic N) is 5. The van der Waals surface area contributed by atoms with E-state index in [-0.39, 0.29) is 5.28 Å². The van der Waals surface area contributed by atoms with Crippen molar-refractivity contribution in [2.75, 3.05) is 11.9 Å². The lowest BCUT2D eigenvalue weighted by Crippen LogP contribution is -2.10. The molecule has 0 amide bonds. The summed E-state index contributed by atoms with van der Waals surface area (Å²) in [5.41, 5.74) is 0.625. The summed E-state index contributed by atoms with van der Waals surface area (Å²) in [4.78, 5) is 12.2. The summed E-state index contributed by atoms with van der Waals surface area (Å²) >= 11 is 5.83. The van der Waals surface area contributed by atoms with Gasteiger partial charge in [-0.15, -0.1) is 0 Å². The Morgan fingerprint density at radius 3 is 3.17 bits per heavy atom.